The van der Waals surface area contributed by atoms with Crippen LogP contribution in [0, 0.1) is 0 Å². The molecular formula is C17H17NO5S. The molecule has 2 rings (SSSR count). The van der Waals surface area contributed by atoms with Gasteiger partial charge in [0.15, 0.2) is 6.10 Å². The van der Waals surface area contributed by atoms with E-state index < -0.39 is 12.1 Å². The number of ketones is 1. The minimum Gasteiger partial charge on any atom is -0.497 e. The Bertz CT molecular complexity index is 751. The summed E-state index contributed by atoms with van der Waals surface area (Å²) in [5.74, 6) is -0.490. The minimum absolute atomic E-state index is 0.222. The van der Waals surface area contributed by atoms with Gasteiger partial charge in [0.1, 0.15) is 10.6 Å². The fourth-order valence-electron chi connectivity index (χ4n) is 1.95. The first-order chi connectivity index (χ1) is 11.4. The molecule has 0 aliphatic rings. The van der Waals surface area contributed by atoms with Gasteiger partial charge in [-0.15, -0.1) is 11.3 Å². The van der Waals surface area contributed by atoms with Crippen molar-refractivity contribution >= 4 is 34.0 Å². The Hall–Kier alpha value is -2.67. The van der Waals surface area contributed by atoms with Crippen LogP contribution < -0.4 is 10.1 Å². The summed E-state index contributed by atoms with van der Waals surface area (Å²) in [4.78, 5) is 35.7. The fraction of sp³-hybridized carbons (Fsp3) is 0.235. The van der Waals surface area contributed by atoms with Gasteiger partial charge in [-0.2, -0.15) is 0 Å². The van der Waals surface area contributed by atoms with Crippen molar-refractivity contribution in [3.63, 3.8) is 0 Å². The Balaban J connectivity index is 2.00. The predicted molar refractivity (Wildman–Crippen MR) is 90.8 cm³/mol. The fourth-order valence-corrected chi connectivity index (χ4v) is 2.79. The minimum atomic E-state index is -0.919. The van der Waals surface area contributed by atoms with Gasteiger partial charge < -0.3 is 14.8 Å². The van der Waals surface area contributed by atoms with Gasteiger partial charge in [0.25, 0.3) is 0 Å². The summed E-state index contributed by atoms with van der Waals surface area (Å²) in [7, 11) is 1.54. The van der Waals surface area contributed by atoms with Crippen LogP contribution in [-0.2, 0) is 9.53 Å². The van der Waals surface area contributed by atoms with Gasteiger partial charge in [-0.05, 0) is 43.3 Å². The number of hydrogen-bond acceptors (Lipinski definition) is 6. The number of carbonyl (C=O) groups is 3. The molecule has 0 saturated carbocycles. The summed E-state index contributed by atoms with van der Waals surface area (Å²) >= 11 is 1.09. The summed E-state index contributed by atoms with van der Waals surface area (Å²) in [6.07, 6.45) is -0.919. The molecule has 1 N–H and O–H groups in total. The highest BCUT2D eigenvalue weighted by atomic mass is 32.1. The largest absolute Gasteiger partial charge is 0.497 e. The molecule has 0 bridgehead atoms. The second kappa shape index (κ2) is 7.74. The molecule has 1 amide bonds. The summed E-state index contributed by atoms with van der Waals surface area (Å²) < 4.78 is 10.2. The van der Waals surface area contributed by atoms with Crippen LogP contribution in [0.15, 0.2) is 36.4 Å². The number of anilines is 1. The summed E-state index contributed by atoms with van der Waals surface area (Å²) in [5, 5.41) is 3.13. The average Bonchev–Trinajstić information content (AvgIpc) is 3.02. The molecule has 24 heavy (non-hydrogen) atoms. The molecule has 6 nitrogen and oxygen atoms in total. The SMILES string of the molecule is COc1ccc(C(=O)[C@H](C)OC(=O)c2ccc(NC(C)=O)s2)cc1. The Morgan fingerprint density at radius 2 is 1.75 bits per heavy atom. The quantitative estimate of drug-likeness (QED) is 0.641. The molecule has 0 unspecified atom stereocenters. The third-order valence-corrected chi connectivity index (χ3v) is 4.11. The molecule has 0 aliphatic carbocycles. The van der Waals surface area contributed by atoms with Crippen molar-refractivity contribution in [1.29, 1.82) is 0 Å². The van der Waals surface area contributed by atoms with Gasteiger partial charge >= 0.3 is 5.97 Å². The van der Waals surface area contributed by atoms with Gasteiger partial charge in [-0.3, -0.25) is 9.59 Å². The second-order valence-corrected chi connectivity index (χ2v) is 6.07. The van der Waals surface area contributed by atoms with Crippen molar-refractivity contribution < 1.29 is 23.9 Å². The van der Waals surface area contributed by atoms with E-state index in [1.807, 2.05) is 0 Å². The van der Waals surface area contributed by atoms with Gasteiger partial charge in [0.2, 0.25) is 11.7 Å². The Morgan fingerprint density at radius 3 is 2.33 bits per heavy atom. The number of nitrogens with one attached hydrogen (secondary N) is 1. The number of Topliss-reactive ketones (excluding diaryl/α,β-unsaturated/α-hetero) is 1. The lowest BCUT2D eigenvalue weighted by atomic mass is 10.1. The first-order valence-electron chi connectivity index (χ1n) is 7.17. The summed E-state index contributed by atoms with van der Waals surface area (Å²) in [6, 6.07) is 9.72. The smallest absolute Gasteiger partial charge is 0.349 e. The third kappa shape index (κ3) is 4.42. The van der Waals surface area contributed by atoms with E-state index in [-0.39, 0.29) is 11.7 Å². The highest BCUT2D eigenvalue weighted by molar-refractivity contribution is 7.18. The van der Waals surface area contributed by atoms with Crippen LogP contribution in [0.4, 0.5) is 5.00 Å². The lowest BCUT2D eigenvalue weighted by Crippen LogP contribution is -2.24. The lowest BCUT2D eigenvalue weighted by Gasteiger charge is -2.12. The maximum Gasteiger partial charge on any atom is 0.349 e. The van der Waals surface area contributed by atoms with E-state index in [9.17, 15) is 14.4 Å². The zero-order valence-electron chi connectivity index (χ0n) is 13.5. The van der Waals surface area contributed by atoms with Gasteiger partial charge in [0, 0.05) is 12.5 Å². The van der Waals surface area contributed by atoms with Crippen LogP contribution in [0.3, 0.4) is 0 Å². The summed E-state index contributed by atoms with van der Waals surface area (Å²) in [5.41, 5.74) is 0.432. The van der Waals surface area contributed by atoms with Crippen LogP contribution in [0.25, 0.3) is 0 Å². The molecule has 126 valence electrons. The number of esters is 1. The van der Waals surface area contributed by atoms with Gasteiger partial charge in [-0.25, -0.2) is 4.79 Å². The number of methoxy groups -OCH3 is 1. The lowest BCUT2D eigenvalue weighted by molar-refractivity contribution is -0.114. The maximum atomic E-state index is 12.3. The van der Waals surface area contributed by atoms with E-state index >= 15 is 0 Å². The van der Waals surface area contributed by atoms with E-state index in [2.05, 4.69) is 5.32 Å². The molecule has 0 aliphatic heterocycles. The van der Waals surface area contributed by atoms with Crippen LogP contribution in [-0.4, -0.2) is 30.9 Å². The first-order valence-corrected chi connectivity index (χ1v) is 7.99. The van der Waals surface area contributed by atoms with E-state index in [4.69, 9.17) is 9.47 Å². The topological polar surface area (TPSA) is 81.7 Å². The van der Waals surface area contributed by atoms with Gasteiger partial charge in [-0.1, -0.05) is 0 Å². The third-order valence-electron chi connectivity index (χ3n) is 3.13. The van der Waals surface area contributed by atoms with E-state index in [1.165, 1.54) is 21.0 Å². The molecule has 2 aromatic rings. The highest BCUT2D eigenvalue weighted by Crippen LogP contribution is 2.23. The van der Waals surface area contributed by atoms with Crippen molar-refractivity contribution in [2.24, 2.45) is 0 Å². The molecule has 0 saturated heterocycles. The number of carbonyl (C=O) groups excluding carboxylic acids is 3. The zero-order chi connectivity index (χ0) is 17.7. The number of benzene rings is 1. The van der Waals surface area contributed by atoms with Crippen LogP contribution in [0.5, 0.6) is 5.75 Å². The Labute approximate surface area is 143 Å². The molecule has 1 heterocycles. The molecule has 0 spiro atoms. The van der Waals surface area contributed by atoms with E-state index in [0.29, 0.717) is 21.2 Å². The van der Waals surface area contributed by atoms with Crippen molar-refractivity contribution in [1.82, 2.24) is 0 Å². The molecule has 0 radical (unpaired) electrons. The molecule has 1 atom stereocenters. The van der Waals surface area contributed by atoms with Crippen LogP contribution >= 0.6 is 11.3 Å². The summed E-state index contributed by atoms with van der Waals surface area (Å²) in [6.45, 7) is 2.90. The number of amides is 1. The van der Waals surface area contributed by atoms with Crippen molar-refractivity contribution in [2.45, 2.75) is 20.0 Å². The predicted octanol–water partition coefficient (Wildman–Crippen LogP) is 3.14. The maximum absolute atomic E-state index is 12.3. The molecule has 0 fully saturated rings. The molecule has 1 aromatic heterocycles. The highest BCUT2D eigenvalue weighted by Gasteiger charge is 2.21. The van der Waals surface area contributed by atoms with E-state index in [1.54, 1.807) is 36.4 Å². The Kier molecular flexibility index (Phi) is 5.70. The number of ether oxygens (including phenoxy) is 2. The molecular weight excluding hydrogens is 330 g/mol. The van der Waals surface area contributed by atoms with Crippen molar-refractivity contribution in [2.75, 3.05) is 12.4 Å². The number of thiophene rings is 1. The van der Waals surface area contributed by atoms with Crippen LogP contribution in [0.1, 0.15) is 33.9 Å². The zero-order valence-corrected chi connectivity index (χ0v) is 14.3. The molecule has 1 aromatic carbocycles. The standard InChI is InChI=1S/C17H17NO5S/c1-10(16(20)12-4-6-13(22-3)7-5-12)23-17(21)14-8-9-15(24-14)18-11(2)19/h4-10H,1-3H3,(H,18,19)/t10-/m0/s1. The monoisotopic (exact) mass is 347 g/mol. The first kappa shape index (κ1) is 17.7. The average molecular weight is 347 g/mol. The van der Waals surface area contributed by atoms with E-state index in [0.717, 1.165) is 11.3 Å². The van der Waals surface area contributed by atoms with Gasteiger partial charge in [0.05, 0.1) is 12.1 Å². The van der Waals surface area contributed by atoms with Crippen molar-refractivity contribution in [3.05, 3.63) is 46.8 Å². The normalized spacial score (nSPS) is 11.5. The number of rotatable bonds is 6. The van der Waals surface area contributed by atoms with Crippen LogP contribution in [0.2, 0.25) is 0 Å². The Morgan fingerprint density at radius 1 is 1.08 bits per heavy atom. The second-order valence-electron chi connectivity index (χ2n) is 4.99. The van der Waals surface area contributed by atoms with Crippen molar-refractivity contribution in [3.8, 4) is 5.75 Å². The molecule has 7 heteroatoms. The number of hydrogen-bond donors (Lipinski definition) is 1.